The lowest BCUT2D eigenvalue weighted by Crippen LogP contribution is -2.40. The number of hydrogen-bond acceptors (Lipinski definition) is 4. The van der Waals surface area contributed by atoms with Crippen molar-refractivity contribution in [2.24, 2.45) is 0 Å². The Bertz CT molecular complexity index is 1400. The van der Waals surface area contributed by atoms with E-state index in [2.05, 4.69) is 15.9 Å². The van der Waals surface area contributed by atoms with E-state index in [0.717, 1.165) is 39.0 Å². The van der Waals surface area contributed by atoms with Crippen LogP contribution in [0.25, 0.3) is 0 Å². The summed E-state index contributed by atoms with van der Waals surface area (Å²) >= 11 is 9.90. The van der Waals surface area contributed by atoms with Crippen LogP contribution in [0.4, 0.5) is 5.69 Å². The Balaban J connectivity index is 1.48. The molecule has 0 aliphatic carbocycles. The molecule has 0 radical (unpaired) electrons. The van der Waals surface area contributed by atoms with E-state index in [1.54, 1.807) is 49.6 Å². The van der Waals surface area contributed by atoms with Crippen LogP contribution in [0.1, 0.15) is 41.9 Å². The molecule has 1 amide bonds. The van der Waals surface area contributed by atoms with Gasteiger partial charge in [0.2, 0.25) is 5.91 Å². The quantitative estimate of drug-likeness (QED) is 0.281. The molecule has 4 rings (SSSR count). The Kier molecular flexibility index (Phi) is 9.06. The van der Waals surface area contributed by atoms with Crippen LogP contribution in [0.15, 0.2) is 70.0 Å². The van der Waals surface area contributed by atoms with Crippen molar-refractivity contribution < 1.29 is 17.9 Å². The summed E-state index contributed by atoms with van der Waals surface area (Å²) < 4.78 is 35.0. The van der Waals surface area contributed by atoms with Crippen LogP contribution in [0.3, 0.4) is 0 Å². The molecule has 0 unspecified atom stereocenters. The Hall–Kier alpha value is -2.55. The molecule has 1 heterocycles. The third-order valence-corrected chi connectivity index (χ3v) is 9.85. The molecule has 6 nitrogen and oxygen atoms in total. The summed E-state index contributed by atoms with van der Waals surface area (Å²) in [6.07, 6.45) is 1.71. The smallest absolute Gasteiger partial charge is 0.264 e. The van der Waals surface area contributed by atoms with Gasteiger partial charge in [-0.2, -0.15) is 0 Å². The van der Waals surface area contributed by atoms with Crippen molar-refractivity contribution in [2.75, 3.05) is 31.0 Å². The molecule has 1 fully saturated rings. The number of sulfonamides is 1. The highest BCUT2D eigenvalue weighted by molar-refractivity contribution is 9.10. The van der Waals surface area contributed by atoms with E-state index < -0.39 is 10.0 Å². The zero-order chi connectivity index (χ0) is 27.4. The van der Waals surface area contributed by atoms with E-state index in [9.17, 15) is 13.2 Å². The number of rotatable bonds is 8. The number of nitrogens with zero attached hydrogens (tertiary/aromatic N) is 2. The topological polar surface area (TPSA) is 66.9 Å². The first-order valence-corrected chi connectivity index (χ1v) is 15.2. The zero-order valence-corrected chi connectivity index (χ0v) is 24.9. The van der Waals surface area contributed by atoms with E-state index in [-0.39, 0.29) is 23.8 Å². The average Bonchev–Trinajstić information content (AvgIpc) is 2.90. The predicted molar refractivity (Wildman–Crippen MR) is 156 cm³/mol. The van der Waals surface area contributed by atoms with Crippen LogP contribution in [0.2, 0.25) is 5.02 Å². The van der Waals surface area contributed by atoms with Crippen molar-refractivity contribution in [3.8, 4) is 5.75 Å². The van der Waals surface area contributed by atoms with E-state index in [1.165, 1.54) is 4.31 Å². The highest BCUT2D eigenvalue weighted by Crippen LogP contribution is 2.34. The number of amides is 1. The summed E-state index contributed by atoms with van der Waals surface area (Å²) in [5, 5.41) is 0.732. The highest BCUT2D eigenvalue weighted by atomic mass is 79.9. The molecule has 38 heavy (non-hydrogen) atoms. The lowest BCUT2D eigenvalue weighted by molar-refractivity contribution is -0.132. The van der Waals surface area contributed by atoms with Crippen LogP contribution < -0.4 is 9.04 Å². The minimum Gasteiger partial charge on any atom is -0.497 e. The lowest BCUT2D eigenvalue weighted by Gasteiger charge is -2.33. The van der Waals surface area contributed by atoms with Gasteiger partial charge in [-0.05, 0) is 97.8 Å². The second-order valence-corrected chi connectivity index (χ2v) is 12.8. The minimum atomic E-state index is -3.89. The molecule has 1 aliphatic heterocycles. The van der Waals surface area contributed by atoms with Gasteiger partial charge < -0.3 is 9.64 Å². The van der Waals surface area contributed by atoms with Crippen molar-refractivity contribution in [1.82, 2.24) is 4.90 Å². The van der Waals surface area contributed by atoms with Crippen LogP contribution in [0, 0.1) is 13.8 Å². The standard InChI is InChI=1S/C29H32BrClN2O4S/c1-20-4-10-26(18-21(20)2)38(35,36)33(24-6-8-25(37-3)9-7-24)17-14-29(34)32-15-12-22(13-16-32)27-11-5-23(30)19-28(27)31/h4-11,18-19,22H,12-17H2,1-3H3. The first-order chi connectivity index (χ1) is 18.1. The number of piperidine rings is 1. The average molecular weight is 620 g/mol. The van der Waals surface area contributed by atoms with Gasteiger partial charge in [-0.1, -0.05) is 39.7 Å². The van der Waals surface area contributed by atoms with Crippen molar-refractivity contribution in [2.45, 2.75) is 43.9 Å². The van der Waals surface area contributed by atoms with Gasteiger partial charge in [0.05, 0.1) is 17.7 Å². The summed E-state index contributed by atoms with van der Waals surface area (Å²) in [5.74, 6) is 0.863. The molecular weight excluding hydrogens is 588 g/mol. The molecule has 0 atom stereocenters. The molecule has 0 N–H and O–H groups in total. The second-order valence-electron chi connectivity index (χ2n) is 9.59. The van der Waals surface area contributed by atoms with Gasteiger partial charge in [0.15, 0.2) is 0 Å². The number of hydrogen-bond donors (Lipinski definition) is 0. The Morgan fingerprint density at radius 3 is 2.32 bits per heavy atom. The Morgan fingerprint density at radius 2 is 1.71 bits per heavy atom. The second kappa shape index (κ2) is 12.1. The van der Waals surface area contributed by atoms with E-state index in [4.69, 9.17) is 16.3 Å². The molecular formula is C29H32BrClN2O4S. The molecule has 0 saturated carbocycles. The van der Waals surface area contributed by atoms with Crippen molar-refractivity contribution in [3.63, 3.8) is 0 Å². The first-order valence-electron chi connectivity index (χ1n) is 12.6. The summed E-state index contributed by atoms with van der Waals surface area (Å²) in [6.45, 7) is 5.10. The van der Waals surface area contributed by atoms with Gasteiger partial charge >= 0.3 is 0 Å². The van der Waals surface area contributed by atoms with Gasteiger partial charge in [-0.25, -0.2) is 8.42 Å². The number of halogens is 2. The molecule has 3 aromatic rings. The fourth-order valence-electron chi connectivity index (χ4n) is 4.77. The first kappa shape index (κ1) is 28.5. The van der Waals surface area contributed by atoms with Crippen molar-refractivity contribution in [3.05, 3.63) is 86.8 Å². The summed E-state index contributed by atoms with van der Waals surface area (Å²) in [7, 11) is -2.33. The molecule has 1 saturated heterocycles. The number of ether oxygens (including phenoxy) is 1. The molecule has 0 spiro atoms. The predicted octanol–water partition coefficient (Wildman–Crippen LogP) is 6.72. The fourth-order valence-corrected chi connectivity index (χ4v) is 7.14. The molecule has 202 valence electrons. The third kappa shape index (κ3) is 6.35. The van der Waals surface area contributed by atoms with Gasteiger partial charge in [-0.15, -0.1) is 0 Å². The van der Waals surface area contributed by atoms with Gasteiger partial charge in [0.1, 0.15) is 5.75 Å². The zero-order valence-electron chi connectivity index (χ0n) is 21.8. The number of carbonyl (C=O) groups is 1. The molecule has 9 heteroatoms. The number of likely N-dealkylation sites (tertiary alicyclic amines) is 1. The summed E-state index contributed by atoms with van der Waals surface area (Å²) in [4.78, 5) is 15.2. The minimum absolute atomic E-state index is 0.0406. The van der Waals surface area contributed by atoms with E-state index in [0.29, 0.717) is 30.4 Å². The van der Waals surface area contributed by atoms with E-state index >= 15 is 0 Å². The molecule has 3 aromatic carbocycles. The monoisotopic (exact) mass is 618 g/mol. The maximum absolute atomic E-state index is 13.7. The Morgan fingerprint density at radius 1 is 1.03 bits per heavy atom. The van der Waals surface area contributed by atoms with Crippen LogP contribution in [0.5, 0.6) is 5.75 Å². The summed E-state index contributed by atoms with van der Waals surface area (Å²) in [5.41, 5.74) is 3.50. The summed E-state index contributed by atoms with van der Waals surface area (Å²) in [6, 6.07) is 17.9. The van der Waals surface area contributed by atoms with E-state index in [1.807, 2.05) is 36.9 Å². The fraction of sp³-hybridized carbons (Fsp3) is 0.345. The van der Waals surface area contributed by atoms with Gasteiger partial charge in [0.25, 0.3) is 10.0 Å². The normalized spacial score (nSPS) is 14.4. The van der Waals surface area contributed by atoms with Crippen LogP contribution in [-0.2, 0) is 14.8 Å². The van der Waals surface area contributed by atoms with Gasteiger partial charge in [0, 0.05) is 35.6 Å². The van der Waals surface area contributed by atoms with Crippen molar-refractivity contribution in [1.29, 1.82) is 0 Å². The number of benzene rings is 3. The maximum Gasteiger partial charge on any atom is 0.264 e. The third-order valence-electron chi connectivity index (χ3n) is 7.21. The van der Waals surface area contributed by atoms with Crippen LogP contribution >= 0.6 is 27.5 Å². The molecule has 0 aromatic heterocycles. The maximum atomic E-state index is 13.7. The SMILES string of the molecule is COc1ccc(N(CCC(=O)N2CCC(c3ccc(Br)cc3Cl)CC2)S(=O)(=O)c2ccc(C)c(C)c2)cc1. The van der Waals surface area contributed by atoms with Gasteiger partial charge in [-0.3, -0.25) is 9.10 Å². The van der Waals surface area contributed by atoms with Crippen molar-refractivity contribution >= 4 is 49.1 Å². The number of carbonyl (C=O) groups excluding carboxylic acids is 1. The highest BCUT2D eigenvalue weighted by Gasteiger charge is 2.29. The number of methoxy groups -OCH3 is 1. The lowest BCUT2D eigenvalue weighted by atomic mass is 9.89. The Labute approximate surface area is 238 Å². The number of aryl methyl sites for hydroxylation is 2. The molecule has 0 bridgehead atoms. The largest absolute Gasteiger partial charge is 0.497 e. The van der Waals surface area contributed by atoms with Crippen LogP contribution in [-0.4, -0.2) is 46.0 Å². The molecule has 1 aliphatic rings. The number of anilines is 1.